The molecule has 1 aromatic rings. The minimum absolute atomic E-state index is 0.691. The first kappa shape index (κ1) is 13.3. The van der Waals surface area contributed by atoms with E-state index in [-0.39, 0.29) is 0 Å². The molecule has 0 saturated heterocycles. The summed E-state index contributed by atoms with van der Waals surface area (Å²) >= 11 is 0. The maximum atomic E-state index is 2.41. The molecule has 0 aliphatic heterocycles. The SMILES string of the molecule is CCC(C)C(C)C(c1ccccc1)C(C)C. The predicted molar refractivity (Wildman–Crippen MR) is 72.6 cm³/mol. The van der Waals surface area contributed by atoms with Crippen molar-refractivity contribution in [1.82, 2.24) is 0 Å². The van der Waals surface area contributed by atoms with Crippen molar-refractivity contribution < 1.29 is 0 Å². The maximum Gasteiger partial charge on any atom is -0.0111 e. The monoisotopic (exact) mass is 218 g/mol. The molecule has 0 aromatic heterocycles. The third-order valence-corrected chi connectivity index (χ3v) is 4.01. The summed E-state index contributed by atoms with van der Waals surface area (Å²) in [6, 6.07) is 11.0. The molecule has 0 aliphatic carbocycles. The highest BCUT2D eigenvalue weighted by Gasteiger charge is 2.25. The Balaban J connectivity index is 2.92. The standard InChI is InChI=1S/C16H26/c1-6-13(4)14(5)16(12(2)3)15-10-8-7-9-11-15/h7-14,16H,6H2,1-5H3. The largest absolute Gasteiger partial charge is 0.0651 e. The van der Waals surface area contributed by atoms with E-state index >= 15 is 0 Å². The number of rotatable bonds is 5. The molecule has 0 saturated carbocycles. The highest BCUT2D eigenvalue weighted by molar-refractivity contribution is 5.21. The summed E-state index contributed by atoms with van der Waals surface area (Å²) in [5.41, 5.74) is 1.50. The van der Waals surface area contributed by atoms with Gasteiger partial charge in [-0.25, -0.2) is 0 Å². The van der Waals surface area contributed by atoms with Crippen LogP contribution in [-0.2, 0) is 0 Å². The van der Waals surface area contributed by atoms with E-state index in [1.165, 1.54) is 12.0 Å². The summed E-state index contributed by atoms with van der Waals surface area (Å²) in [5, 5.41) is 0. The number of hydrogen-bond acceptors (Lipinski definition) is 0. The molecule has 0 amide bonds. The molecule has 16 heavy (non-hydrogen) atoms. The van der Waals surface area contributed by atoms with Gasteiger partial charge in [-0.05, 0) is 29.2 Å². The first-order valence-corrected chi connectivity index (χ1v) is 6.62. The molecular formula is C16H26. The van der Waals surface area contributed by atoms with E-state index in [1.807, 2.05) is 0 Å². The molecule has 0 N–H and O–H groups in total. The molecule has 1 rings (SSSR count). The molecule has 90 valence electrons. The van der Waals surface area contributed by atoms with Crippen molar-refractivity contribution >= 4 is 0 Å². The van der Waals surface area contributed by atoms with Gasteiger partial charge >= 0.3 is 0 Å². The number of benzene rings is 1. The lowest BCUT2D eigenvalue weighted by molar-refractivity contribution is 0.268. The van der Waals surface area contributed by atoms with Crippen LogP contribution < -0.4 is 0 Å². The zero-order chi connectivity index (χ0) is 12.1. The maximum absolute atomic E-state index is 2.41. The van der Waals surface area contributed by atoms with Crippen LogP contribution in [0.25, 0.3) is 0 Å². The molecule has 0 fully saturated rings. The van der Waals surface area contributed by atoms with Crippen molar-refractivity contribution in [1.29, 1.82) is 0 Å². The summed E-state index contributed by atoms with van der Waals surface area (Å²) in [6.45, 7) is 11.8. The van der Waals surface area contributed by atoms with Crippen LogP contribution in [-0.4, -0.2) is 0 Å². The van der Waals surface area contributed by atoms with E-state index in [4.69, 9.17) is 0 Å². The van der Waals surface area contributed by atoms with Crippen LogP contribution in [0.4, 0.5) is 0 Å². The van der Waals surface area contributed by atoms with E-state index in [2.05, 4.69) is 65.0 Å². The van der Waals surface area contributed by atoms with Gasteiger partial charge in [0.15, 0.2) is 0 Å². The highest BCUT2D eigenvalue weighted by atomic mass is 14.3. The van der Waals surface area contributed by atoms with Crippen LogP contribution in [0, 0.1) is 17.8 Å². The molecule has 0 heterocycles. The Kier molecular flexibility index (Phi) is 5.05. The van der Waals surface area contributed by atoms with E-state index in [9.17, 15) is 0 Å². The van der Waals surface area contributed by atoms with E-state index in [0.29, 0.717) is 11.8 Å². The van der Waals surface area contributed by atoms with Gasteiger partial charge in [-0.2, -0.15) is 0 Å². The Morgan fingerprint density at radius 1 is 0.938 bits per heavy atom. The fourth-order valence-corrected chi connectivity index (χ4v) is 2.70. The molecule has 0 spiro atoms. The summed E-state index contributed by atoms with van der Waals surface area (Å²) in [6.07, 6.45) is 1.28. The van der Waals surface area contributed by atoms with E-state index in [0.717, 1.165) is 11.8 Å². The predicted octanol–water partition coefficient (Wildman–Crippen LogP) is 5.11. The summed E-state index contributed by atoms with van der Waals surface area (Å²) in [7, 11) is 0. The van der Waals surface area contributed by atoms with Gasteiger partial charge < -0.3 is 0 Å². The molecule has 1 aromatic carbocycles. The van der Waals surface area contributed by atoms with Gasteiger partial charge in [-0.15, -0.1) is 0 Å². The van der Waals surface area contributed by atoms with Crippen LogP contribution in [0.1, 0.15) is 52.5 Å². The third kappa shape index (κ3) is 3.10. The lowest BCUT2D eigenvalue weighted by atomic mass is 9.73. The summed E-state index contributed by atoms with van der Waals surface area (Å²) in [4.78, 5) is 0. The average Bonchev–Trinajstić information content (AvgIpc) is 2.29. The summed E-state index contributed by atoms with van der Waals surface area (Å²) < 4.78 is 0. The van der Waals surface area contributed by atoms with E-state index in [1.54, 1.807) is 0 Å². The minimum Gasteiger partial charge on any atom is -0.0651 e. The van der Waals surface area contributed by atoms with Crippen molar-refractivity contribution in [2.45, 2.75) is 47.0 Å². The quantitative estimate of drug-likeness (QED) is 0.644. The lowest BCUT2D eigenvalue weighted by Gasteiger charge is -2.32. The Bertz CT molecular complexity index is 286. The normalized spacial score (nSPS) is 17.1. The van der Waals surface area contributed by atoms with Crippen LogP contribution >= 0.6 is 0 Å². The third-order valence-electron chi connectivity index (χ3n) is 4.01. The average molecular weight is 218 g/mol. The van der Waals surface area contributed by atoms with E-state index < -0.39 is 0 Å². The molecular weight excluding hydrogens is 192 g/mol. The van der Waals surface area contributed by atoms with Gasteiger partial charge in [-0.3, -0.25) is 0 Å². The van der Waals surface area contributed by atoms with Crippen LogP contribution in [0.5, 0.6) is 0 Å². The Hall–Kier alpha value is -0.780. The fraction of sp³-hybridized carbons (Fsp3) is 0.625. The van der Waals surface area contributed by atoms with Crippen molar-refractivity contribution in [2.75, 3.05) is 0 Å². The second-order valence-corrected chi connectivity index (χ2v) is 5.43. The molecule has 0 radical (unpaired) electrons. The van der Waals surface area contributed by atoms with Crippen LogP contribution in [0.3, 0.4) is 0 Å². The van der Waals surface area contributed by atoms with Gasteiger partial charge in [0.1, 0.15) is 0 Å². The first-order valence-electron chi connectivity index (χ1n) is 6.62. The molecule has 0 aliphatic rings. The van der Waals surface area contributed by atoms with Crippen LogP contribution in [0.2, 0.25) is 0 Å². The van der Waals surface area contributed by atoms with Crippen molar-refractivity contribution in [3.05, 3.63) is 35.9 Å². The van der Waals surface area contributed by atoms with Gasteiger partial charge in [0.05, 0.1) is 0 Å². The van der Waals surface area contributed by atoms with Crippen LogP contribution in [0.15, 0.2) is 30.3 Å². The smallest absolute Gasteiger partial charge is 0.0111 e. The first-order chi connectivity index (χ1) is 7.57. The van der Waals surface area contributed by atoms with Gasteiger partial charge in [0.25, 0.3) is 0 Å². The molecule has 0 bridgehead atoms. The highest BCUT2D eigenvalue weighted by Crippen LogP contribution is 2.36. The topological polar surface area (TPSA) is 0 Å². The molecule has 0 heteroatoms. The molecule has 3 atom stereocenters. The Morgan fingerprint density at radius 3 is 1.94 bits per heavy atom. The molecule has 0 nitrogen and oxygen atoms in total. The zero-order valence-corrected chi connectivity index (χ0v) is 11.4. The lowest BCUT2D eigenvalue weighted by Crippen LogP contribution is -2.21. The van der Waals surface area contributed by atoms with Gasteiger partial charge in [0, 0.05) is 0 Å². The summed E-state index contributed by atoms with van der Waals surface area (Å²) in [5.74, 6) is 2.96. The van der Waals surface area contributed by atoms with Gasteiger partial charge in [0.2, 0.25) is 0 Å². The fourth-order valence-electron chi connectivity index (χ4n) is 2.70. The van der Waals surface area contributed by atoms with Gasteiger partial charge in [-0.1, -0.05) is 71.4 Å². The molecule has 3 unspecified atom stereocenters. The van der Waals surface area contributed by atoms with Crippen molar-refractivity contribution in [3.8, 4) is 0 Å². The Morgan fingerprint density at radius 2 is 1.50 bits per heavy atom. The second kappa shape index (κ2) is 6.08. The van der Waals surface area contributed by atoms with Crippen molar-refractivity contribution in [3.63, 3.8) is 0 Å². The Labute approximate surface area is 101 Å². The zero-order valence-electron chi connectivity index (χ0n) is 11.4. The second-order valence-electron chi connectivity index (χ2n) is 5.43. The van der Waals surface area contributed by atoms with Crippen molar-refractivity contribution in [2.24, 2.45) is 17.8 Å². The number of hydrogen-bond donors (Lipinski definition) is 0. The minimum atomic E-state index is 0.691.